The summed E-state index contributed by atoms with van der Waals surface area (Å²) in [5, 5.41) is 2.70. The van der Waals surface area contributed by atoms with Crippen molar-refractivity contribution in [3.8, 4) is 0 Å². The summed E-state index contributed by atoms with van der Waals surface area (Å²) in [5.74, 6) is 0.300. The van der Waals surface area contributed by atoms with E-state index >= 15 is 0 Å². The van der Waals surface area contributed by atoms with Crippen molar-refractivity contribution in [2.24, 2.45) is 17.3 Å². The van der Waals surface area contributed by atoms with Crippen molar-refractivity contribution in [2.45, 2.75) is 43.4 Å². The Balaban J connectivity index is 1.22. The number of carbonyl (C=O) groups is 2. The summed E-state index contributed by atoms with van der Waals surface area (Å²) in [7, 11) is 0. The first-order valence-electron chi connectivity index (χ1n) is 9.71. The highest BCUT2D eigenvalue weighted by Crippen LogP contribution is 2.64. The molecular formula is C20H22ClN3O4. The van der Waals surface area contributed by atoms with Crippen LogP contribution < -0.4 is 11.0 Å². The fourth-order valence-corrected chi connectivity index (χ4v) is 6.67. The number of H-pyrrole nitrogens is 2. The molecule has 4 fully saturated rings. The van der Waals surface area contributed by atoms with Crippen LogP contribution in [0.5, 0.6) is 0 Å². The van der Waals surface area contributed by atoms with Crippen molar-refractivity contribution in [1.82, 2.24) is 9.97 Å². The number of aromatic nitrogens is 2. The summed E-state index contributed by atoms with van der Waals surface area (Å²) in [6.45, 7) is -0.326. The van der Waals surface area contributed by atoms with Crippen LogP contribution in [0.4, 0.5) is 5.69 Å². The number of nitrogens with one attached hydrogen (secondary N) is 3. The van der Waals surface area contributed by atoms with E-state index in [-0.39, 0.29) is 23.1 Å². The number of amides is 1. The first kappa shape index (κ1) is 17.8. The molecule has 6 rings (SSSR count). The average molecular weight is 404 g/mol. The predicted octanol–water partition coefficient (Wildman–Crippen LogP) is 2.92. The van der Waals surface area contributed by atoms with E-state index in [1.165, 1.54) is 0 Å². The molecule has 4 aliphatic rings. The number of ether oxygens (including phenoxy) is 1. The second-order valence-electron chi connectivity index (χ2n) is 8.86. The van der Waals surface area contributed by atoms with E-state index in [0.717, 1.165) is 32.1 Å². The maximum atomic E-state index is 12.9. The number of hydrogen-bond acceptors (Lipinski definition) is 4. The van der Waals surface area contributed by atoms with Crippen LogP contribution >= 0.6 is 11.6 Å². The molecule has 4 aliphatic carbocycles. The van der Waals surface area contributed by atoms with Gasteiger partial charge in [0.05, 0.1) is 16.4 Å². The van der Waals surface area contributed by atoms with E-state index in [1.807, 2.05) is 0 Å². The van der Waals surface area contributed by atoms with Crippen molar-refractivity contribution in [2.75, 3.05) is 11.9 Å². The highest BCUT2D eigenvalue weighted by molar-refractivity contribution is 6.24. The molecule has 0 saturated heterocycles. The maximum Gasteiger partial charge on any atom is 0.323 e. The minimum Gasteiger partial charge on any atom is -0.455 e. The fraction of sp³-hybridized carbons (Fsp3) is 0.550. The van der Waals surface area contributed by atoms with Gasteiger partial charge in [0.1, 0.15) is 0 Å². The zero-order valence-corrected chi connectivity index (χ0v) is 16.1. The Morgan fingerprint density at radius 2 is 1.86 bits per heavy atom. The normalized spacial score (nSPS) is 33.2. The van der Waals surface area contributed by atoms with Gasteiger partial charge >= 0.3 is 11.7 Å². The predicted molar refractivity (Wildman–Crippen MR) is 104 cm³/mol. The van der Waals surface area contributed by atoms with Gasteiger partial charge in [0.15, 0.2) is 6.61 Å². The number of aromatic amines is 2. The number of benzene rings is 1. The fourth-order valence-electron chi connectivity index (χ4n) is 5.98. The Bertz CT molecular complexity index is 1010. The molecule has 1 aromatic heterocycles. The Morgan fingerprint density at radius 1 is 1.14 bits per heavy atom. The third-order valence-electron chi connectivity index (χ3n) is 6.56. The largest absolute Gasteiger partial charge is 0.455 e. The van der Waals surface area contributed by atoms with Crippen LogP contribution in [0.3, 0.4) is 0 Å². The van der Waals surface area contributed by atoms with E-state index in [0.29, 0.717) is 35.0 Å². The second-order valence-corrected chi connectivity index (χ2v) is 9.66. The summed E-state index contributed by atoms with van der Waals surface area (Å²) < 4.78 is 5.42. The molecule has 1 amide bonds. The Labute approximate surface area is 166 Å². The molecule has 0 spiro atoms. The minimum absolute atomic E-state index is 0.270. The lowest BCUT2D eigenvalue weighted by molar-refractivity contribution is -0.171. The lowest BCUT2D eigenvalue weighted by Crippen LogP contribution is -2.56. The van der Waals surface area contributed by atoms with Gasteiger partial charge in [-0.25, -0.2) is 4.79 Å². The summed E-state index contributed by atoms with van der Waals surface area (Å²) in [6.07, 6.45) is 5.46. The topological polar surface area (TPSA) is 104 Å². The van der Waals surface area contributed by atoms with Crippen LogP contribution in [0, 0.1) is 17.3 Å². The summed E-state index contributed by atoms with van der Waals surface area (Å²) in [4.78, 5) is 41.5. The van der Waals surface area contributed by atoms with Gasteiger partial charge in [0.25, 0.3) is 5.91 Å². The molecule has 2 aromatic rings. The molecule has 3 N–H and O–H groups in total. The van der Waals surface area contributed by atoms with Gasteiger partial charge in [-0.05, 0) is 68.6 Å². The lowest BCUT2D eigenvalue weighted by Gasteiger charge is -2.58. The highest BCUT2D eigenvalue weighted by atomic mass is 35.5. The molecule has 1 aromatic carbocycles. The molecule has 7 nitrogen and oxygen atoms in total. The van der Waals surface area contributed by atoms with Gasteiger partial charge in [-0.2, -0.15) is 0 Å². The van der Waals surface area contributed by atoms with Gasteiger partial charge in [-0.3, -0.25) is 9.59 Å². The van der Waals surface area contributed by atoms with Crippen LogP contribution in [-0.4, -0.2) is 33.3 Å². The number of fused-ring (bicyclic) bond motifs is 1. The first-order valence-corrected chi connectivity index (χ1v) is 10.1. The molecule has 0 aliphatic heterocycles. The maximum absolute atomic E-state index is 12.9. The highest BCUT2D eigenvalue weighted by Gasteiger charge is 2.60. The monoisotopic (exact) mass is 403 g/mol. The molecule has 0 unspecified atom stereocenters. The van der Waals surface area contributed by atoms with E-state index < -0.39 is 11.3 Å². The zero-order chi connectivity index (χ0) is 19.5. The summed E-state index contributed by atoms with van der Waals surface area (Å²) in [5.41, 5.74) is 0.959. The zero-order valence-electron chi connectivity index (χ0n) is 15.3. The number of halogens is 1. The van der Waals surface area contributed by atoms with Gasteiger partial charge in [-0.15, -0.1) is 11.6 Å². The Hall–Kier alpha value is -2.28. The van der Waals surface area contributed by atoms with Crippen molar-refractivity contribution < 1.29 is 14.3 Å². The number of alkyl halides is 1. The van der Waals surface area contributed by atoms with Crippen molar-refractivity contribution in [3.63, 3.8) is 0 Å². The van der Waals surface area contributed by atoms with E-state index in [1.54, 1.807) is 18.2 Å². The molecule has 0 radical (unpaired) electrons. The Kier molecular flexibility index (Phi) is 3.88. The Morgan fingerprint density at radius 3 is 2.57 bits per heavy atom. The van der Waals surface area contributed by atoms with E-state index in [4.69, 9.17) is 16.3 Å². The van der Waals surface area contributed by atoms with Gasteiger partial charge in [0, 0.05) is 10.6 Å². The first-order chi connectivity index (χ1) is 13.3. The molecular weight excluding hydrogens is 382 g/mol. The second kappa shape index (κ2) is 6.11. The smallest absolute Gasteiger partial charge is 0.323 e. The molecule has 4 bridgehead atoms. The molecule has 2 atom stereocenters. The standard InChI is InChI=1S/C20H22ClN3O4/c21-20-7-11-3-12(8-20)6-19(5-11,10-20)17(26)28-9-16(25)22-13-1-2-14-15(4-13)24-18(27)23-14/h1-2,4,11-12H,3,5-10H2,(H,22,25)(H2,23,24,27)/t11-,12-,19?,20?/m1/s1. The molecule has 148 valence electrons. The van der Waals surface area contributed by atoms with E-state index in [2.05, 4.69) is 15.3 Å². The van der Waals surface area contributed by atoms with Crippen LogP contribution in [-0.2, 0) is 14.3 Å². The molecule has 8 heteroatoms. The average Bonchev–Trinajstić information content (AvgIpc) is 2.96. The number of imidazole rings is 1. The molecule has 4 saturated carbocycles. The lowest BCUT2D eigenvalue weighted by atomic mass is 9.49. The number of esters is 1. The van der Waals surface area contributed by atoms with Crippen LogP contribution in [0.2, 0.25) is 0 Å². The number of hydrogen-bond donors (Lipinski definition) is 3. The van der Waals surface area contributed by atoms with Gasteiger partial charge in [-0.1, -0.05) is 0 Å². The van der Waals surface area contributed by atoms with Gasteiger partial charge in [0.2, 0.25) is 0 Å². The molecule has 28 heavy (non-hydrogen) atoms. The van der Waals surface area contributed by atoms with Crippen LogP contribution in [0.25, 0.3) is 11.0 Å². The van der Waals surface area contributed by atoms with E-state index in [9.17, 15) is 14.4 Å². The summed E-state index contributed by atoms with van der Waals surface area (Å²) >= 11 is 6.77. The number of carbonyl (C=O) groups excluding carboxylic acids is 2. The van der Waals surface area contributed by atoms with Crippen molar-refractivity contribution >= 4 is 40.2 Å². The van der Waals surface area contributed by atoms with Gasteiger partial charge < -0.3 is 20.0 Å². The van der Waals surface area contributed by atoms with Crippen LogP contribution in [0.1, 0.15) is 38.5 Å². The minimum atomic E-state index is -0.518. The summed E-state index contributed by atoms with van der Waals surface area (Å²) in [6, 6.07) is 5.04. The number of anilines is 1. The molecule has 1 heterocycles. The van der Waals surface area contributed by atoms with Crippen molar-refractivity contribution in [1.29, 1.82) is 0 Å². The number of rotatable bonds is 4. The third kappa shape index (κ3) is 3.02. The van der Waals surface area contributed by atoms with Crippen molar-refractivity contribution in [3.05, 3.63) is 28.7 Å². The SMILES string of the molecule is O=C(COC(=O)C12C[C@H]3C[C@@H](CC(Cl)(C3)C1)C2)Nc1ccc2[nH]c(=O)[nH]c2c1. The third-order valence-corrected chi connectivity index (χ3v) is 7.00. The van der Waals surface area contributed by atoms with Crippen LogP contribution in [0.15, 0.2) is 23.0 Å². The quantitative estimate of drug-likeness (QED) is 0.539.